The summed E-state index contributed by atoms with van der Waals surface area (Å²) in [5.41, 5.74) is 2.84. The summed E-state index contributed by atoms with van der Waals surface area (Å²) in [6.45, 7) is 4.59. The van der Waals surface area contributed by atoms with Crippen molar-refractivity contribution >= 4 is 34.8 Å². The average molecular weight is 303 g/mol. The maximum Gasteiger partial charge on any atom is 0.161 e. The van der Waals surface area contributed by atoms with E-state index in [1.54, 1.807) is 6.07 Å². The Bertz CT molecular complexity index is 462. The zero-order valence-corrected chi connectivity index (χ0v) is 12.8. The van der Waals surface area contributed by atoms with Gasteiger partial charge in [-0.25, -0.2) is 10.8 Å². The first-order valence-corrected chi connectivity index (χ1v) is 7.26. The molecule has 106 valence electrons. The Morgan fingerprint density at radius 3 is 2.63 bits per heavy atom. The van der Waals surface area contributed by atoms with Gasteiger partial charge < -0.3 is 10.7 Å². The minimum Gasteiger partial charge on any atom is -0.366 e. The third kappa shape index (κ3) is 3.65. The molecule has 2 rings (SSSR count). The monoisotopic (exact) mass is 302 g/mol. The normalized spacial score (nSPS) is 22.1. The molecule has 1 aromatic rings. The van der Waals surface area contributed by atoms with Gasteiger partial charge in [-0.1, -0.05) is 43.5 Å². The summed E-state index contributed by atoms with van der Waals surface area (Å²) in [5, 5.41) is 4.35. The van der Waals surface area contributed by atoms with Gasteiger partial charge in [0.1, 0.15) is 5.82 Å². The molecule has 1 fully saturated rings. The maximum absolute atomic E-state index is 6.17. The highest BCUT2D eigenvalue weighted by Gasteiger charge is 2.28. The third-order valence-electron chi connectivity index (χ3n) is 3.61. The van der Waals surface area contributed by atoms with Crippen LogP contribution in [0, 0.1) is 5.41 Å². The highest BCUT2D eigenvalue weighted by molar-refractivity contribution is 6.37. The minimum atomic E-state index is 0.365. The van der Waals surface area contributed by atoms with Crippen molar-refractivity contribution in [2.45, 2.75) is 45.6 Å². The fraction of sp³-hybridized carbons (Fsp3) is 0.615. The number of nitrogens with zero attached hydrogens (tertiary/aromatic N) is 1. The zero-order chi connectivity index (χ0) is 14.0. The number of nitrogens with one attached hydrogen (secondary N) is 2. The van der Waals surface area contributed by atoms with E-state index in [1.165, 1.54) is 12.8 Å². The van der Waals surface area contributed by atoms with Gasteiger partial charge in [0.25, 0.3) is 0 Å². The van der Waals surface area contributed by atoms with Crippen LogP contribution in [0.5, 0.6) is 0 Å². The number of halogens is 2. The Morgan fingerprint density at radius 2 is 2.00 bits per heavy atom. The summed E-state index contributed by atoms with van der Waals surface area (Å²) in [6, 6.07) is 2.04. The first kappa shape index (κ1) is 14.7. The number of rotatable bonds is 3. The molecule has 1 unspecified atom stereocenters. The third-order valence-corrected chi connectivity index (χ3v) is 4.19. The molecule has 1 heterocycles. The quantitative estimate of drug-likeness (QED) is 0.582. The molecule has 19 heavy (non-hydrogen) atoms. The number of hydrazine groups is 1. The molecule has 0 aliphatic heterocycles. The van der Waals surface area contributed by atoms with Crippen LogP contribution in [0.3, 0.4) is 0 Å². The fourth-order valence-electron chi connectivity index (χ4n) is 2.68. The van der Waals surface area contributed by atoms with E-state index in [-0.39, 0.29) is 0 Å². The number of nitrogens with two attached hydrogens (primary N) is 1. The van der Waals surface area contributed by atoms with Crippen LogP contribution < -0.4 is 16.6 Å². The van der Waals surface area contributed by atoms with E-state index in [4.69, 9.17) is 29.0 Å². The molecule has 1 aliphatic carbocycles. The zero-order valence-electron chi connectivity index (χ0n) is 11.3. The molecule has 0 aromatic carbocycles. The van der Waals surface area contributed by atoms with Gasteiger partial charge >= 0.3 is 0 Å². The van der Waals surface area contributed by atoms with Gasteiger partial charge in [-0.2, -0.15) is 0 Å². The summed E-state index contributed by atoms with van der Waals surface area (Å²) in [6.07, 6.45) is 4.73. The molecule has 0 amide bonds. The van der Waals surface area contributed by atoms with Crippen LogP contribution in [0.4, 0.5) is 11.6 Å². The average Bonchev–Trinajstić information content (AvgIpc) is 2.31. The van der Waals surface area contributed by atoms with E-state index in [2.05, 4.69) is 29.6 Å². The molecule has 0 saturated heterocycles. The lowest BCUT2D eigenvalue weighted by Gasteiger charge is -2.36. The van der Waals surface area contributed by atoms with Crippen molar-refractivity contribution in [2.75, 3.05) is 10.7 Å². The van der Waals surface area contributed by atoms with Crippen LogP contribution in [0.25, 0.3) is 0 Å². The molecule has 1 saturated carbocycles. The standard InChI is InChI=1S/C13H20Cl2N4/c1-13(2)5-3-4-8(7-13)17-11-9(14)6-10(15)12(18-11)19-16/h6,8H,3-5,7,16H2,1-2H3,(H2,17,18,19). The molecule has 1 aromatic heterocycles. The minimum absolute atomic E-state index is 0.365. The highest BCUT2D eigenvalue weighted by atomic mass is 35.5. The van der Waals surface area contributed by atoms with Gasteiger partial charge in [0.15, 0.2) is 5.82 Å². The predicted octanol–water partition coefficient (Wildman–Crippen LogP) is 4.05. The second-order valence-electron chi connectivity index (χ2n) is 5.90. The van der Waals surface area contributed by atoms with Crippen molar-refractivity contribution in [3.8, 4) is 0 Å². The van der Waals surface area contributed by atoms with Crippen LogP contribution >= 0.6 is 23.2 Å². The van der Waals surface area contributed by atoms with Crippen molar-refractivity contribution < 1.29 is 0 Å². The van der Waals surface area contributed by atoms with E-state index in [9.17, 15) is 0 Å². The molecule has 1 atom stereocenters. The first-order valence-electron chi connectivity index (χ1n) is 6.50. The molecule has 0 spiro atoms. The van der Waals surface area contributed by atoms with Crippen LogP contribution in [0.2, 0.25) is 10.0 Å². The molecular formula is C13H20Cl2N4. The van der Waals surface area contributed by atoms with Crippen LogP contribution in [0.1, 0.15) is 39.5 Å². The first-order chi connectivity index (χ1) is 8.91. The topological polar surface area (TPSA) is 63.0 Å². The lowest BCUT2D eigenvalue weighted by molar-refractivity contribution is 0.229. The number of nitrogen functional groups attached to an aromatic ring is 1. The van der Waals surface area contributed by atoms with Crippen molar-refractivity contribution in [3.05, 3.63) is 16.1 Å². The Kier molecular flexibility index (Phi) is 4.43. The van der Waals surface area contributed by atoms with E-state index in [0.29, 0.717) is 33.1 Å². The lowest BCUT2D eigenvalue weighted by atomic mass is 9.75. The summed E-state index contributed by atoms with van der Waals surface area (Å²) in [5.74, 6) is 6.45. The maximum atomic E-state index is 6.17. The fourth-order valence-corrected chi connectivity index (χ4v) is 3.15. The summed E-state index contributed by atoms with van der Waals surface area (Å²) >= 11 is 12.1. The number of hydrogen-bond donors (Lipinski definition) is 3. The molecule has 0 bridgehead atoms. The summed E-state index contributed by atoms with van der Waals surface area (Å²) in [4.78, 5) is 4.32. The van der Waals surface area contributed by atoms with Crippen LogP contribution in [0.15, 0.2) is 6.07 Å². The lowest BCUT2D eigenvalue weighted by Crippen LogP contribution is -2.32. The summed E-state index contributed by atoms with van der Waals surface area (Å²) in [7, 11) is 0. The number of anilines is 2. The predicted molar refractivity (Wildman–Crippen MR) is 81.7 cm³/mol. The van der Waals surface area contributed by atoms with Crippen LogP contribution in [-0.2, 0) is 0 Å². The highest BCUT2D eigenvalue weighted by Crippen LogP contribution is 2.37. The van der Waals surface area contributed by atoms with Gasteiger partial charge in [-0.15, -0.1) is 0 Å². The molecule has 4 N–H and O–H groups in total. The second kappa shape index (κ2) is 5.73. The molecule has 4 nitrogen and oxygen atoms in total. The molecule has 6 heteroatoms. The van der Waals surface area contributed by atoms with Gasteiger partial charge in [-0.05, 0) is 30.7 Å². The van der Waals surface area contributed by atoms with Crippen molar-refractivity contribution in [1.82, 2.24) is 4.98 Å². The number of pyridine rings is 1. The number of aromatic nitrogens is 1. The van der Waals surface area contributed by atoms with Gasteiger partial charge in [0, 0.05) is 6.04 Å². The smallest absolute Gasteiger partial charge is 0.161 e. The Morgan fingerprint density at radius 1 is 1.32 bits per heavy atom. The van der Waals surface area contributed by atoms with Gasteiger partial charge in [0.2, 0.25) is 0 Å². The Labute approximate surface area is 124 Å². The summed E-state index contributed by atoms with van der Waals surface area (Å²) < 4.78 is 0. The molecular weight excluding hydrogens is 283 g/mol. The van der Waals surface area contributed by atoms with Gasteiger partial charge in [0.05, 0.1) is 10.0 Å². The van der Waals surface area contributed by atoms with Crippen molar-refractivity contribution in [3.63, 3.8) is 0 Å². The van der Waals surface area contributed by atoms with Crippen molar-refractivity contribution in [2.24, 2.45) is 11.3 Å². The van der Waals surface area contributed by atoms with Gasteiger partial charge in [-0.3, -0.25) is 0 Å². The Balaban J connectivity index is 2.14. The second-order valence-corrected chi connectivity index (χ2v) is 6.71. The molecule has 0 radical (unpaired) electrons. The SMILES string of the molecule is CC1(C)CCCC(Nc2nc(NN)c(Cl)cc2Cl)C1. The Hall–Kier alpha value is -0.710. The van der Waals surface area contributed by atoms with E-state index in [0.717, 1.165) is 12.8 Å². The van der Waals surface area contributed by atoms with E-state index < -0.39 is 0 Å². The van der Waals surface area contributed by atoms with Crippen LogP contribution in [-0.4, -0.2) is 11.0 Å². The largest absolute Gasteiger partial charge is 0.366 e. The molecule has 1 aliphatic rings. The van der Waals surface area contributed by atoms with E-state index in [1.807, 2.05) is 0 Å². The number of hydrogen-bond acceptors (Lipinski definition) is 4. The van der Waals surface area contributed by atoms with Crippen molar-refractivity contribution in [1.29, 1.82) is 0 Å². The van der Waals surface area contributed by atoms with E-state index >= 15 is 0 Å².